The maximum atomic E-state index is 12.1. The van der Waals surface area contributed by atoms with Crippen molar-refractivity contribution in [1.29, 1.82) is 0 Å². The molecule has 16 heavy (non-hydrogen) atoms. The molecule has 2 N–H and O–H groups in total. The number of carbonyl (C=O) groups excluding carboxylic acids is 1. The molecule has 1 saturated heterocycles. The highest BCUT2D eigenvalue weighted by atomic mass is 16.3. The third-order valence-corrected chi connectivity index (χ3v) is 3.73. The molecule has 1 aliphatic carbocycles. The minimum Gasteiger partial charge on any atom is -0.393 e. The highest BCUT2D eigenvalue weighted by Gasteiger charge is 2.31. The van der Waals surface area contributed by atoms with Crippen LogP contribution in [0, 0.1) is 5.92 Å². The minimum absolute atomic E-state index is 0.0312. The van der Waals surface area contributed by atoms with Crippen molar-refractivity contribution in [2.45, 2.75) is 44.2 Å². The molecule has 92 valence electrons. The summed E-state index contributed by atoms with van der Waals surface area (Å²) in [5.41, 5.74) is 0. The van der Waals surface area contributed by atoms with E-state index in [9.17, 15) is 9.90 Å². The van der Waals surface area contributed by atoms with E-state index in [0.717, 1.165) is 38.8 Å². The van der Waals surface area contributed by atoms with Gasteiger partial charge in [-0.05, 0) is 38.1 Å². The van der Waals surface area contributed by atoms with E-state index in [2.05, 4.69) is 5.32 Å². The van der Waals surface area contributed by atoms with Gasteiger partial charge in [-0.2, -0.15) is 0 Å². The second kappa shape index (κ2) is 5.15. The molecule has 0 aromatic rings. The van der Waals surface area contributed by atoms with Crippen LogP contribution in [-0.2, 0) is 4.79 Å². The largest absolute Gasteiger partial charge is 0.393 e. The Morgan fingerprint density at radius 1 is 1.44 bits per heavy atom. The van der Waals surface area contributed by atoms with Gasteiger partial charge in [-0.3, -0.25) is 4.79 Å². The number of aliphatic hydroxyl groups excluding tert-OH is 1. The summed E-state index contributed by atoms with van der Waals surface area (Å²) in [6, 6.07) is 0.0312. The van der Waals surface area contributed by atoms with Crippen molar-refractivity contribution in [3.05, 3.63) is 0 Å². The predicted octanol–water partition coefficient (Wildman–Crippen LogP) is 0.358. The number of aliphatic hydroxyl groups is 1. The smallest absolute Gasteiger partial charge is 0.239 e. The molecule has 1 heterocycles. The lowest BCUT2D eigenvalue weighted by Crippen LogP contribution is -2.49. The van der Waals surface area contributed by atoms with E-state index >= 15 is 0 Å². The summed E-state index contributed by atoms with van der Waals surface area (Å²) in [7, 11) is 1.88. The van der Waals surface area contributed by atoms with E-state index in [1.165, 1.54) is 6.42 Å². The molecule has 1 saturated carbocycles. The normalized spacial score (nSPS) is 34.2. The summed E-state index contributed by atoms with van der Waals surface area (Å²) in [5, 5.41) is 12.5. The minimum atomic E-state index is -0.124. The van der Waals surface area contributed by atoms with Crippen molar-refractivity contribution in [2.75, 3.05) is 20.1 Å². The number of hydrogen-bond acceptors (Lipinski definition) is 3. The van der Waals surface area contributed by atoms with Crippen LogP contribution in [0.25, 0.3) is 0 Å². The lowest BCUT2D eigenvalue weighted by Gasteiger charge is -2.36. The van der Waals surface area contributed by atoms with E-state index in [1.54, 1.807) is 0 Å². The predicted molar refractivity (Wildman–Crippen MR) is 62.0 cm³/mol. The first-order chi connectivity index (χ1) is 7.66. The molecule has 2 aliphatic rings. The van der Waals surface area contributed by atoms with Crippen LogP contribution < -0.4 is 5.32 Å². The van der Waals surface area contributed by atoms with Crippen molar-refractivity contribution in [1.82, 2.24) is 10.2 Å². The lowest BCUT2D eigenvalue weighted by atomic mass is 9.82. The van der Waals surface area contributed by atoms with Crippen LogP contribution in [0.3, 0.4) is 0 Å². The maximum absolute atomic E-state index is 12.1. The third kappa shape index (κ3) is 2.74. The summed E-state index contributed by atoms with van der Waals surface area (Å²) in [6.07, 6.45) is 4.89. The second-order valence-electron chi connectivity index (χ2n) is 5.21. The number of piperidine rings is 1. The number of nitrogens with zero attached hydrogens (tertiary/aromatic N) is 1. The highest BCUT2D eigenvalue weighted by Crippen LogP contribution is 2.27. The monoisotopic (exact) mass is 226 g/mol. The quantitative estimate of drug-likeness (QED) is 0.730. The van der Waals surface area contributed by atoms with Crippen LogP contribution in [0.4, 0.5) is 0 Å². The zero-order valence-electron chi connectivity index (χ0n) is 9.98. The van der Waals surface area contributed by atoms with Gasteiger partial charge in [0.1, 0.15) is 0 Å². The van der Waals surface area contributed by atoms with Gasteiger partial charge in [0.05, 0.1) is 12.1 Å². The Morgan fingerprint density at radius 3 is 2.75 bits per heavy atom. The van der Waals surface area contributed by atoms with Crippen LogP contribution in [0.15, 0.2) is 0 Å². The Labute approximate surface area is 97.0 Å². The zero-order valence-corrected chi connectivity index (χ0v) is 9.98. The number of likely N-dealkylation sites (N-methyl/N-ethyl adjacent to an activating group) is 1. The molecule has 0 aromatic heterocycles. The summed E-state index contributed by atoms with van der Waals surface area (Å²) in [6.45, 7) is 1.76. The summed E-state index contributed by atoms with van der Waals surface area (Å²) >= 11 is 0. The third-order valence-electron chi connectivity index (χ3n) is 3.73. The van der Waals surface area contributed by atoms with Crippen molar-refractivity contribution >= 4 is 5.91 Å². The first-order valence-corrected chi connectivity index (χ1v) is 6.33. The average molecular weight is 226 g/mol. The van der Waals surface area contributed by atoms with Gasteiger partial charge in [0.2, 0.25) is 5.91 Å². The Kier molecular flexibility index (Phi) is 3.82. The first-order valence-electron chi connectivity index (χ1n) is 6.33. The Hall–Kier alpha value is -0.610. The van der Waals surface area contributed by atoms with Gasteiger partial charge in [-0.15, -0.1) is 0 Å². The number of amides is 1. The molecule has 1 aliphatic heterocycles. The summed E-state index contributed by atoms with van der Waals surface area (Å²) in [5.74, 6) is 0.730. The van der Waals surface area contributed by atoms with E-state index in [0.29, 0.717) is 5.92 Å². The van der Waals surface area contributed by atoms with Gasteiger partial charge < -0.3 is 15.3 Å². The molecule has 1 amide bonds. The molecule has 1 atom stereocenters. The van der Waals surface area contributed by atoms with Crippen LogP contribution in [-0.4, -0.2) is 48.2 Å². The second-order valence-corrected chi connectivity index (χ2v) is 5.21. The fraction of sp³-hybridized carbons (Fsp3) is 0.917. The van der Waals surface area contributed by atoms with Crippen molar-refractivity contribution in [2.24, 2.45) is 5.92 Å². The molecule has 4 heteroatoms. The fourth-order valence-electron chi connectivity index (χ4n) is 2.66. The van der Waals surface area contributed by atoms with Gasteiger partial charge in [-0.1, -0.05) is 6.42 Å². The maximum Gasteiger partial charge on any atom is 0.239 e. The van der Waals surface area contributed by atoms with Gasteiger partial charge >= 0.3 is 0 Å². The van der Waals surface area contributed by atoms with Gasteiger partial charge in [-0.25, -0.2) is 0 Å². The van der Waals surface area contributed by atoms with E-state index < -0.39 is 0 Å². The molecule has 2 fully saturated rings. The van der Waals surface area contributed by atoms with Crippen molar-refractivity contribution in [3.63, 3.8) is 0 Å². The molecule has 0 unspecified atom stereocenters. The average Bonchev–Trinajstić information content (AvgIpc) is 2.27. The Balaban J connectivity index is 1.74. The molecule has 0 bridgehead atoms. The number of rotatable bonds is 3. The zero-order chi connectivity index (χ0) is 11.5. The molecule has 2 rings (SSSR count). The van der Waals surface area contributed by atoms with E-state index in [4.69, 9.17) is 0 Å². The Morgan fingerprint density at radius 2 is 2.19 bits per heavy atom. The van der Waals surface area contributed by atoms with Gasteiger partial charge in [0.15, 0.2) is 0 Å². The van der Waals surface area contributed by atoms with E-state index in [-0.39, 0.29) is 18.1 Å². The first kappa shape index (κ1) is 11.9. The molecule has 0 radical (unpaired) electrons. The molecule has 0 aromatic carbocycles. The number of nitrogens with one attached hydrogen (secondary N) is 1. The van der Waals surface area contributed by atoms with E-state index in [1.807, 2.05) is 11.9 Å². The lowest BCUT2D eigenvalue weighted by molar-refractivity contribution is -0.134. The van der Waals surface area contributed by atoms with Crippen molar-refractivity contribution < 1.29 is 9.90 Å². The standard InChI is InChI=1S/C12H22N2O2/c1-14(8-9-6-10(15)7-9)12(16)11-4-2-3-5-13-11/h9-11,13,15H,2-8H2,1H3/t9?,10?,11-/m1/s1. The summed E-state index contributed by atoms with van der Waals surface area (Å²) < 4.78 is 0. The number of hydrogen-bond donors (Lipinski definition) is 2. The topological polar surface area (TPSA) is 52.6 Å². The SMILES string of the molecule is CN(CC1CC(O)C1)C(=O)[C@H]1CCCCN1. The van der Waals surface area contributed by atoms with Gasteiger partial charge in [0, 0.05) is 13.6 Å². The Bertz CT molecular complexity index is 245. The van der Waals surface area contributed by atoms with Crippen LogP contribution in [0.1, 0.15) is 32.1 Å². The van der Waals surface area contributed by atoms with Gasteiger partial charge in [0.25, 0.3) is 0 Å². The highest BCUT2D eigenvalue weighted by molar-refractivity contribution is 5.81. The molecular formula is C12H22N2O2. The fourth-order valence-corrected chi connectivity index (χ4v) is 2.66. The number of carbonyl (C=O) groups is 1. The molecule has 4 nitrogen and oxygen atoms in total. The van der Waals surface area contributed by atoms with Crippen LogP contribution in [0.2, 0.25) is 0 Å². The van der Waals surface area contributed by atoms with Crippen LogP contribution >= 0.6 is 0 Å². The molecular weight excluding hydrogens is 204 g/mol. The van der Waals surface area contributed by atoms with Crippen LogP contribution in [0.5, 0.6) is 0 Å². The molecule has 0 spiro atoms. The van der Waals surface area contributed by atoms with Crippen molar-refractivity contribution in [3.8, 4) is 0 Å². The summed E-state index contributed by atoms with van der Waals surface area (Å²) in [4.78, 5) is 13.9.